The van der Waals surface area contributed by atoms with E-state index in [4.69, 9.17) is 9.84 Å². The maximum atomic E-state index is 13.4. The van der Waals surface area contributed by atoms with Gasteiger partial charge in [0.2, 0.25) is 5.82 Å². The molecule has 0 spiro atoms. The second-order valence-electron chi connectivity index (χ2n) is 4.32. The molecular weight excluding hydrogens is 274 g/mol. The second-order valence-corrected chi connectivity index (χ2v) is 4.32. The highest BCUT2D eigenvalue weighted by atomic mass is 19.2. The van der Waals surface area contributed by atoms with Gasteiger partial charge in [0.15, 0.2) is 11.6 Å². The van der Waals surface area contributed by atoms with E-state index in [0.29, 0.717) is 6.42 Å². The smallest absolute Gasteiger partial charge is 0.200 e. The van der Waals surface area contributed by atoms with E-state index in [9.17, 15) is 8.78 Å². The molecule has 2 nitrogen and oxygen atoms in total. The third-order valence-corrected chi connectivity index (χ3v) is 2.71. The summed E-state index contributed by atoms with van der Waals surface area (Å²) >= 11 is 0. The Kier molecular flexibility index (Phi) is 5.30. The van der Waals surface area contributed by atoms with E-state index in [0.717, 1.165) is 17.2 Å². The van der Waals surface area contributed by atoms with E-state index in [1.165, 1.54) is 12.1 Å². The molecule has 2 rings (SSSR count). The van der Waals surface area contributed by atoms with E-state index < -0.39 is 11.6 Å². The molecule has 0 aromatic heterocycles. The van der Waals surface area contributed by atoms with Gasteiger partial charge in [0.1, 0.15) is 6.61 Å². The minimum absolute atomic E-state index is 0.0225. The molecule has 108 valence electrons. The van der Waals surface area contributed by atoms with Gasteiger partial charge in [-0.25, -0.2) is 4.39 Å². The Labute approximate surface area is 122 Å². The molecular formula is C17H14F2O2. The van der Waals surface area contributed by atoms with Crippen molar-refractivity contribution in [2.45, 2.75) is 13.0 Å². The summed E-state index contributed by atoms with van der Waals surface area (Å²) in [5.74, 6) is 3.68. The van der Waals surface area contributed by atoms with Crippen LogP contribution in [0.2, 0.25) is 0 Å². The number of ether oxygens (including phenoxy) is 1. The van der Waals surface area contributed by atoms with Gasteiger partial charge in [0.05, 0.1) is 6.61 Å². The van der Waals surface area contributed by atoms with Crippen LogP contribution in [0, 0.1) is 23.5 Å². The molecule has 2 aromatic carbocycles. The van der Waals surface area contributed by atoms with Crippen LogP contribution in [0.3, 0.4) is 0 Å². The molecule has 21 heavy (non-hydrogen) atoms. The van der Waals surface area contributed by atoms with Gasteiger partial charge in [-0.05, 0) is 29.8 Å². The minimum Gasteiger partial charge on any atom is -0.486 e. The third kappa shape index (κ3) is 4.30. The Balaban J connectivity index is 2.05. The molecule has 4 heteroatoms. The fraction of sp³-hybridized carbons (Fsp3) is 0.176. The second kappa shape index (κ2) is 7.41. The quantitative estimate of drug-likeness (QED) is 0.875. The summed E-state index contributed by atoms with van der Waals surface area (Å²) in [6.45, 7) is 0.143. The van der Waals surface area contributed by atoms with Crippen LogP contribution in [0.5, 0.6) is 5.75 Å². The molecule has 0 heterocycles. The summed E-state index contributed by atoms with van der Waals surface area (Å²) in [4.78, 5) is 0. The molecule has 0 aliphatic carbocycles. The first-order valence-corrected chi connectivity index (χ1v) is 6.46. The van der Waals surface area contributed by atoms with E-state index in [1.807, 2.05) is 24.3 Å². The summed E-state index contributed by atoms with van der Waals surface area (Å²) in [7, 11) is 0. The lowest BCUT2D eigenvalue weighted by Crippen LogP contribution is -1.99. The van der Waals surface area contributed by atoms with Crippen LogP contribution in [0.1, 0.15) is 17.5 Å². The first-order valence-electron chi connectivity index (χ1n) is 6.46. The van der Waals surface area contributed by atoms with Crippen molar-refractivity contribution in [3.05, 3.63) is 65.2 Å². The van der Waals surface area contributed by atoms with E-state index >= 15 is 0 Å². The average Bonchev–Trinajstić information content (AvgIpc) is 2.50. The first-order chi connectivity index (χ1) is 10.2. The maximum absolute atomic E-state index is 13.4. The van der Waals surface area contributed by atoms with E-state index in [-0.39, 0.29) is 19.0 Å². The molecule has 0 saturated carbocycles. The van der Waals surface area contributed by atoms with Gasteiger partial charge in [-0.3, -0.25) is 0 Å². The zero-order valence-corrected chi connectivity index (χ0v) is 11.3. The summed E-state index contributed by atoms with van der Waals surface area (Å²) in [5, 5.41) is 8.67. The van der Waals surface area contributed by atoms with Crippen molar-refractivity contribution in [2.75, 3.05) is 6.61 Å². The highest BCUT2D eigenvalue weighted by Crippen LogP contribution is 2.20. The van der Waals surface area contributed by atoms with Crippen LogP contribution in [0.15, 0.2) is 42.5 Å². The fourth-order valence-electron chi connectivity index (χ4n) is 1.72. The minimum atomic E-state index is -0.989. The first kappa shape index (κ1) is 15.0. The highest BCUT2D eigenvalue weighted by Gasteiger charge is 2.08. The number of rotatable bonds is 4. The normalized spacial score (nSPS) is 9.86. The van der Waals surface area contributed by atoms with Gasteiger partial charge in [-0.2, -0.15) is 4.39 Å². The largest absolute Gasteiger partial charge is 0.486 e. The van der Waals surface area contributed by atoms with Crippen LogP contribution in [0.4, 0.5) is 8.78 Å². The molecule has 0 saturated heterocycles. The number of halogens is 2. The average molecular weight is 288 g/mol. The standard InChI is InChI=1S/C17H14F2O2/c18-15-8-4-9-16(17(15)19)21-12-14-7-3-6-13(11-14)5-1-2-10-20/h3-4,6-9,11,20H,2,10,12H2. The zero-order valence-electron chi connectivity index (χ0n) is 11.3. The number of hydrogen-bond acceptors (Lipinski definition) is 2. The molecule has 0 aliphatic heterocycles. The van der Waals surface area contributed by atoms with Crippen molar-refractivity contribution >= 4 is 0 Å². The number of hydrogen-bond donors (Lipinski definition) is 1. The lowest BCUT2D eigenvalue weighted by molar-refractivity contribution is 0.284. The van der Waals surface area contributed by atoms with Crippen molar-refractivity contribution in [3.8, 4) is 17.6 Å². The highest BCUT2D eigenvalue weighted by molar-refractivity contribution is 5.37. The summed E-state index contributed by atoms with van der Waals surface area (Å²) in [5.41, 5.74) is 1.58. The van der Waals surface area contributed by atoms with E-state index in [1.54, 1.807) is 0 Å². The molecule has 1 N–H and O–H groups in total. The van der Waals surface area contributed by atoms with Gasteiger partial charge >= 0.3 is 0 Å². The van der Waals surface area contributed by atoms with Crippen molar-refractivity contribution in [1.29, 1.82) is 0 Å². The lowest BCUT2D eigenvalue weighted by Gasteiger charge is -2.07. The van der Waals surface area contributed by atoms with Gasteiger partial charge in [0, 0.05) is 12.0 Å². The Morgan fingerprint density at radius 1 is 1.10 bits per heavy atom. The number of benzene rings is 2. The predicted octanol–water partition coefficient (Wildman–Crippen LogP) is 3.28. The van der Waals surface area contributed by atoms with Gasteiger partial charge in [-0.1, -0.05) is 30.0 Å². The van der Waals surface area contributed by atoms with Gasteiger partial charge in [0.25, 0.3) is 0 Å². The van der Waals surface area contributed by atoms with Crippen LogP contribution in [-0.2, 0) is 6.61 Å². The Bertz CT molecular complexity index is 672. The van der Waals surface area contributed by atoms with Crippen LogP contribution < -0.4 is 4.74 Å². The van der Waals surface area contributed by atoms with Crippen LogP contribution >= 0.6 is 0 Å². The molecule has 0 fully saturated rings. The van der Waals surface area contributed by atoms with E-state index in [2.05, 4.69) is 11.8 Å². The Morgan fingerprint density at radius 2 is 1.90 bits per heavy atom. The van der Waals surface area contributed by atoms with Gasteiger partial charge < -0.3 is 9.84 Å². The molecule has 2 aromatic rings. The summed E-state index contributed by atoms with van der Waals surface area (Å²) < 4.78 is 31.8. The van der Waals surface area contributed by atoms with Crippen molar-refractivity contribution in [3.63, 3.8) is 0 Å². The topological polar surface area (TPSA) is 29.5 Å². The molecule has 0 radical (unpaired) electrons. The Morgan fingerprint density at radius 3 is 2.71 bits per heavy atom. The Hall–Kier alpha value is -2.38. The zero-order chi connectivity index (χ0) is 15.1. The van der Waals surface area contributed by atoms with Gasteiger partial charge in [-0.15, -0.1) is 0 Å². The third-order valence-electron chi connectivity index (χ3n) is 2.71. The number of aliphatic hydroxyl groups excluding tert-OH is 1. The van der Waals surface area contributed by atoms with Crippen LogP contribution in [0.25, 0.3) is 0 Å². The molecule has 0 aliphatic rings. The van der Waals surface area contributed by atoms with Crippen molar-refractivity contribution in [1.82, 2.24) is 0 Å². The SMILES string of the molecule is OCCC#Cc1cccc(COc2cccc(F)c2F)c1. The van der Waals surface area contributed by atoms with Crippen molar-refractivity contribution in [2.24, 2.45) is 0 Å². The molecule has 0 amide bonds. The predicted molar refractivity (Wildman–Crippen MR) is 75.7 cm³/mol. The number of aliphatic hydroxyl groups is 1. The maximum Gasteiger partial charge on any atom is 0.200 e. The molecule has 0 atom stereocenters. The monoisotopic (exact) mass is 288 g/mol. The summed E-state index contributed by atoms with van der Waals surface area (Å²) in [6.07, 6.45) is 0.412. The molecule has 0 bridgehead atoms. The summed E-state index contributed by atoms with van der Waals surface area (Å²) in [6, 6.07) is 11.1. The lowest BCUT2D eigenvalue weighted by atomic mass is 10.1. The molecule has 0 unspecified atom stereocenters. The van der Waals surface area contributed by atoms with Crippen molar-refractivity contribution < 1.29 is 18.6 Å². The van der Waals surface area contributed by atoms with Crippen LogP contribution in [-0.4, -0.2) is 11.7 Å². The fourth-order valence-corrected chi connectivity index (χ4v) is 1.72.